The van der Waals surface area contributed by atoms with Crippen LogP contribution >= 0.6 is 11.3 Å². The summed E-state index contributed by atoms with van der Waals surface area (Å²) in [6, 6.07) is 12.3. The molecule has 0 saturated heterocycles. The van der Waals surface area contributed by atoms with Gasteiger partial charge < -0.3 is 4.74 Å². The second kappa shape index (κ2) is 9.75. The second-order valence-electron chi connectivity index (χ2n) is 8.11. The van der Waals surface area contributed by atoms with E-state index in [-0.39, 0.29) is 22.8 Å². The Morgan fingerprint density at radius 2 is 1.97 bits per heavy atom. The molecule has 1 aliphatic carbocycles. The molecule has 1 N–H and O–H groups in total. The van der Waals surface area contributed by atoms with Crippen LogP contribution in [0, 0.1) is 11.3 Å². The number of carbonyl (C=O) groups excluding carboxylic acids is 1. The van der Waals surface area contributed by atoms with Gasteiger partial charge in [0.2, 0.25) is 5.13 Å². The maximum absolute atomic E-state index is 13.3. The van der Waals surface area contributed by atoms with Crippen LogP contribution in [-0.2, 0) is 0 Å². The summed E-state index contributed by atoms with van der Waals surface area (Å²) in [5.41, 5.74) is 2.13. The highest BCUT2D eigenvalue weighted by atomic mass is 32.1. The molecule has 3 aromatic heterocycles. The number of benzene rings is 1. The summed E-state index contributed by atoms with van der Waals surface area (Å²) in [6.45, 7) is 0. The summed E-state index contributed by atoms with van der Waals surface area (Å²) >= 11 is 1.29. The zero-order valence-corrected chi connectivity index (χ0v) is 19.7. The van der Waals surface area contributed by atoms with Crippen LogP contribution < -0.4 is 10.1 Å². The van der Waals surface area contributed by atoms with Crippen LogP contribution in [0.2, 0.25) is 0 Å². The first-order valence-electron chi connectivity index (χ1n) is 10.9. The van der Waals surface area contributed by atoms with Crippen molar-refractivity contribution in [3.63, 3.8) is 0 Å². The molecule has 1 saturated carbocycles. The zero-order valence-electron chi connectivity index (χ0n) is 18.9. The van der Waals surface area contributed by atoms with Gasteiger partial charge in [0.05, 0.1) is 30.5 Å². The number of anilines is 1. The Bertz CT molecular complexity index is 1470. The topological polar surface area (TPSA) is 114 Å². The fourth-order valence-electron chi connectivity index (χ4n) is 4.00. The molecule has 8 nitrogen and oxygen atoms in total. The van der Waals surface area contributed by atoms with Gasteiger partial charge >= 0.3 is 0 Å². The SMILES string of the molecule is COc1cnc(C(F)F)cc1-c1cnccc1C(=O)Nc1nnc(C2C[C@@H]2c2ccc(C#N)cc2)s1. The van der Waals surface area contributed by atoms with Crippen LogP contribution in [0.15, 0.2) is 55.0 Å². The van der Waals surface area contributed by atoms with Gasteiger partial charge in [-0.05, 0) is 42.2 Å². The molecule has 0 aliphatic heterocycles. The van der Waals surface area contributed by atoms with E-state index in [4.69, 9.17) is 10.00 Å². The average molecular weight is 505 g/mol. The smallest absolute Gasteiger partial charge is 0.280 e. The van der Waals surface area contributed by atoms with Crippen LogP contribution in [0.4, 0.5) is 13.9 Å². The first-order valence-corrected chi connectivity index (χ1v) is 11.7. The molecule has 5 rings (SSSR count). The Morgan fingerprint density at radius 1 is 1.17 bits per heavy atom. The molecule has 3 heterocycles. The summed E-state index contributed by atoms with van der Waals surface area (Å²) in [5.74, 6) is 0.255. The van der Waals surface area contributed by atoms with Gasteiger partial charge in [0.1, 0.15) is 16.5 Å². The van der Waals surface area contributed by atoms with Gasteiger partial charge in [0.25, 0.3) is 12.3 Å². The van der Waals surface area contributed by atoms with Gasteiger partial charge in [0, 0.05) is 29.4 Å². The number of halogens is 2. The zero-order chi connectivity index (χ0) is 25.2. The molecule has 36 heavy (non-hydrogen) atoms. The largest absolute Gasteiger partial charge is 0.494 e. The van der Waals surface area contributed by atoms with Crippen molar-refractivity contribution in [3.8, 4) is 22.9 Å². The third kappa shape index (κ3) is 4.63. The van der Waals surface area contributed by atoms with E-state index >= 15 is 0 Å². The Balaban J connectivity index is 1.35. The standard InChI is InChI=1S/C25H18F2N6O2S/c1-35-21-12-30-20(22(26)27)9-17(21)19-11-29-7-6-15(19)23(34)31-25-33-32-24(36-25)18-8-16(18)14-4-2-13(10-28)3-5-14/h2-7,9,11-12,16,18,22H,8H2,1H3,(H,31,33,34)/t16-,18?/m1/s1. The van der Waals surface area contributed by atoms with Crippen molar-refractivity contribution in [3.05, 3.63) is 82.4 Å². The van der Waals surface area contributed by atoms with E-state index in [1.54, 1.807) is 12.1 Å². The number of alkyl halides is 2. The van der Waals surface area contributed by atoms with E-state index < -0.39 is 18.0 Å². The number of pyridine rings is 2. The summed E-state index contributed by atoms with van der Waals surface area (Å²) < 4.78 is 31.8. The number of aromatic nitrogens is 4. The lowest BCUT2D eigenvalue weighted by atomic mass is 10.0. The number of amides is 1. The maximum Gasteiger partial charge on any atom is 0.280 e. The van der Waals surface area contributed by atoms with Gasteiger partial charge in [-0.15, -0.1) is 10.2 Å². The highest BCUT2D eigenvalue weighted by Crippen LogP contribution is 2.55. The van der Waals surface area contributed by atoms with Crippen LogP contribution in [0.3, 0.4) is 0 Å². The van der Waals surface area contributed by atoms with E-state index in [2.05, 4.69) is 31.6 Å². The lowest BCUT2D eigenvalue weighted by Crippen LogP contribution is -2.13. The van der Waals surface area contributed by atoms with Crippen molar-refractivity contribution in [2.75, 3.05) is 12.4 Å². The lowest BCUT2D eigenvalue weighted by molar-refractivity contribution is 0.102. The summed E-state index contributed by atoms with van der Waals surface area (Å²) in [6.07, 6.45) is 2.19. The van der Waals surface area contributed by atoms with E-state index in [0.29, 0.717) is 22.2 Å². The molecule has 0 bridgehead atoms. The summed E-state index contributed by atoms with van der Waals surface area (Å²) in [4.78, 5) is 20.9. The third-order valence-electron chi connectivity index (χ3n) is 5.92. The number of nitriles is 1. The van der Waals surface area contributed by atoms with Gasteiger partial charge in [-0.3, -0.25) is 20.1 Å². The molecule has 0 spiro atoms. The average Bonchev–Trinajstić information content (AvgIpc) is 3.58. The number of hydrogen-bond acceptors (Lipinski definition) is 8. The fourth-order valence-corrected chi connectivity index (χ4v) is 4.92. The predicted octanol–water partition coefficient (Wildman–Crippen LogP) is 5.34. The number of nitrogens with zero attached hydrogens (tertiary/aromatic N) is 5. The van der Waals surface area contributed by atoms with Crippen molar-refractivity contribution < 1.29 is 18.3 Å². The third-order valence-corrected chi connectivity index (χ3v) is 6.90. The van der Waals surface area contributed by atoms with Crippen molar-refractivity contribution in [2.24, 2.45) is 0 Å². The minimum Gasteiger partial charge on any atom is -0.494 e. The summed E-state index contributed by atoms with van der Waals surface area (Å²) in [7, 11) is 1.39. The van der Waals surface area contributed by atoms with Gasteiger partial charge in [-0.25, -0.2) is 8.78 Å². The summed E-state index contributed by atoms with van der Waals surface area (Å²) in [5, 5.41) is 21.2. The Kier molecular flexibility index (Phi) is 6.35. The first-order chi connectivity index (χ1) is 17.5. The molecular weight excluding hydrogens is 486 g/mol. The Hall–Kier alpha value is -4.30. The van der Waals surface area contributed by atoms with Crippen LogP contribution in [0.1, 0.15) is 56.9 Å². The predicted molar refractivity (Wildman–Crippen MR) is 128 cm³/mol. The highest BCUT2D eigenvalue weighted by molar-refractivity contribution is 7.15. The van der Waals surface area contributed by atoms with Gasteiger partial charge in [-0.2, -0.15) is 5.26 Å². The minimum atomic E-state index is -2.78. The monoisotopic (exact) mass is 504 g/mol. The molecule has 1 aliphatic rings. The lowest BCUT2D eigenvalue weighted by Gasteiger charge is -2.13. The molecule has 1 aromatic carbocycles. The normalized spacial score (nSPS) is 16.4. The van der Waals surface area contributed by atoms with Gasteiger partial charge in [0.15, 0.2) is 0 Å². The number of methoxy groups -OCH3 is 1. The number of rotatable bonds is 7. The maximum atomic E-state index is 13.3. The van der Waals surface area contributed by atoms with Crippen LogP contribution in [0.25, 0.3) is 11.1 Å². The number of carbonyl (C=O) groups is 1. The van der Waals surface area contributed by atoms with Crippen LogP contribution in [0.5, 0.6) is 5.75 Å². The first kappa shape index (κ1) is 23.4. The molecule has 1 fully saturated rings. The minimum absolute atomic E-state index is 0.200. The quantitative estimate of drug-likeness (QED) is 0.362. The second-order valence-corrected chi connectivity index (χ2v) is 9.12. The van der Waals surface area contributed by atoms with E-state index in [0.717, 1.165) is 17.0 Å². The van der Waals surface area contributed by atoms with Crippen molar-refractivity contribution >= 4 is 22.4 Å². The molecule has 2 atom stereocenters. The molecule has 1 unspecified atom stereocenters. The van der Waals surface area contributed by atoms with E-state index in [1.807, 2.05) is 12.1 Å². The van der Waals surface area contributed by atoms with Crippen molar-refractivity contribution in [2.45, 2.75) is 24.7 Å². The number of nitrogens with one attached hydrogen (secondary N) is 1. The van der Waals surface area contributed by atoms with Crippen LogP contribution in [-0.4, -0.2) is 33.2 Å². The number of ether oxygens (including phenoxy) is 1. The van der Waals surface area contributed by atoms with Crippen molar-refractivity contribution in [1.82, 2.24) is 20.2 Å². The fraction of sp³-hybridized carbons (Fsp3) is 0.200. The highest BCUT2D eigenvalue weighted by Gasteiger charge is 2.42. The van der Waals surface area contributed by atoms with E-state index in [9.17, 15) is 13.6 Å². The molecule has 11 heteroatoms. The molecule has 0 radical (unpaired) electrons. The molecule has 180 valence electrons. The molecule has 4 aromatic rings. The Morgan fingerprint density at radius 3 is 2.69 bits per heavy atom. The molecular formula is C25H18F2N6O2S. The Labute approximate surface area is 208 Å². The van der Waals surface area contributed by atoms with Crippen molar-refractivity contribution in [1.29, 1.82) is 5.26 Å². The van der Waals surface area contributed by atoms with E-state index in [1.165, 1.54) is 49.2 Å². The molecule has 1 amide bonds. The number of hydrogen-bond donors (Lipinski definition) is 1. The van der Waals surface area contributed by atoms with Gasteiger partial charge in [-0.1, -0.05) is 23.5 Å².